The van der Waals surface area contributed by atoms with Crippen molar-refractivity contribution in [2.24, 2.45) is 34.5 Å². The number of fused-ring (bicyclic) bond motifs is 5. The molecule has 0 radical (unpaired) electrons. The lowest BCUT2D eigenvalue weighted by Crippen LogP contribution is -2.61. The maximum atomic E-state index is 13.5. The van der Waals surface area contributed by atoms with Gasteiger partial charge in [0.15, 0.2) is 11.5 Å². The molecule has 4 fully saturated rings. The van der Waals surface area contributed by atoms with Crippen LogP contribution in [0.3, 0.4) is 0 Å². The highest BCUT2D eigenvalue weighted by Gasteiger charge is 2.62. The normalized spacial score (nSPS) is 39.0. The standard InChI is InChI=1S/C28H39NO5/c1-27-14-12-20-18(7-11-24-28(20,2)15-13-25(30)29(24)3)19(27)8-9-21(27)26(31)34-23-16-17(32-4)6-10-22(23)33-5/h6,10,16,18-21,24H,7-9,11-15H2,1-5H3/t18-,19-,20-,21+,24+,27-,28+/m0/s1. The van der Waals surface area contributed by atoms with E-state index in [2.05, 4.69) is 13.8 Å². The number of methoxy groups -OCH3 is 2. The van der Waals surface area contributed by atoms with E-state index in [0.29, 0.717) is 53.4 Å². The average Bonchev–Trinajstić information content (AvgIpc) is 3.19. The first-order chi connectivity index (χ1) is 16.2. The summed E-state index contributed by atoms with van der Waals surface area (Å²) in [6, 6.07) is 5.67. The second-order valence-electron chi connectivity index (χ2n) is 11.6. The van der Waals surface area contributed by atoms with Gasteiger partial charge >= 0.3 is 5.97 Å². The summed E-state index contributed by atoms with van der Waals surface area (Å²) in [6.07, 6.45) is 8.08. The number of rotatable bonds is 4. The lowest BCUT2D eigenvalue weighted by molar-refractivity contribution is -0.162. The molecule has 7 atom stereocenters. The van der Waals surface area contributed by atoms with Crippen molar-refractivity contribution in [2.75, 3.05) is 21.3 Å². The summed E-state index contributed by atoms with van der Waals surface area (Å²) in [4.78, 5) is 28.0. The summed E-state index contributed by atoms with van der Waals surface area (Å²) >= 11 is 0. The molecule has 6 nitrogen and oxygen atoms in total. The van der Waals surface area contributed by atoms with Crippen LogP contribution in [-0.4, -0.2) is 44.1 Å². The summed E-state index contributed by atoms with van der Waals surface area (Å²) in [5.41, 5.74) is 0.156. The molecule has 1 aliphatic heterocycles. The number of carbonyl (C=O) groups is 2. The van der Waals surface area contributed by atoms with Crippen molar-refractivity contribution >= 4 is 11.9 Å². The zero-order valence-electron chi connectivity index (χ0n) is 21.3. The second kappa shape index (κ2) is 8.46. The molecule has 3 aliphatic carbocycles. The maximum Gasteiger partial charge on any atom is 0.315 e. The molecule has 0 bridgehead atoms. The molecule has 1 saturated heterocycles. The molecule has 186 valence electrons. The van der Waals surface area contributed by atoms with Gasteiger partial charge in [0.2, 0.25) is 5.91 Å². The molecular weight excluding hydrogens is 430 g/mol. The highest BCUT2D eigenvalue weighted by atomic mass is 16.6. The van der Waals surface area contributed by atoms with Gasteiger partial charge in [-0.25, -0.2) is 0 Å². The van der Waals surface area contributed by atoms with E-state index in [9.17, 15) is 9.59 Å². The Morgan fingerprint density at radius 1 is 0.941 bits per heavy atom. The Balaban J connectivity index is 1.36. The number of piperidine rings is 1. The Kier molecular flexibility index (Phi) is 5.84. The molecule has 1 aromatic carbocycles. The van der Waals surface area contributed by atoms with Crippen LogP contribution < -0.4 is 14.2 Å². The van der Waals surface area contributed by atoms with Crippen LogP contribution in [0.15, 0.2) is 18.2 Å². The molecule has 1 aromatic rings. The van der Waals surface area contributed by atoms with Gasteiger partial charge in [-0.2, -0.15) is 0 Å². The van der Waals surface area contributed by atoms with Gasteiger partial charge in [0.1, 0.15) is 5.75 Å². The molecule has 0 N–H and O–H groups in total. The second-order valence-corrected chi connectivity index (χ2v) is 11.6. The van der Waals surface area contributed by atoms with Gasteiger partial charge in [-0.3, -0.25) is 9.59 Å². The van der Waals surface area contributed by atoms with Crippen molar-refractivity contribution in [3.8, 4) is 17.2 Å². The molecule has 1 heterocycles. The van der Waals surface area contributed by atoms with Crippen molar-refractivity contribution in [3.63, 3.8) is 0 Å². The number of carbonyl (C=O) groups excluding carboxylic acids is 2. The van der Waals surface area contributed by atoms with E-state index in [4.69, 9.17) is 14.2 Å². The predicted octanol–water partition coefficient (Wildman–Crippen LogP) is 5.09. The number of hydrogen-bond donors (Lipinski definition) is 0. The van der Waals surface area contributed by atoms with Crippen molar-refractivity contribution in [3.05, 3.63) is 18.2 Å². The minimum absolute atomic E-state index is 0.0378. The number of likely N-dealkylation sites (tertiary alicyclic amines) is 1. The summed E-state index contributed by atoms with van der Waals surface area (Å²) in [5, 5.41) is 0. The molecule has 3 saturated carbocycles. The van der Waals surface area contributed by atoms with Crippen molar-refractivity contribution in [2.45, 2.75) is 71.3 Å². The molecule has 4 aliphatic rings. The van der Waals surface area contributed by atoms with Gasteiger partial charge in [-0.05, 0) is 85.7 Å². The number of esters is 1. The number of amides is 1. The molecule has 0 unspecified atom stereocenters. The maximum absolute atomic E-state index is 13.5. The molecule has 0 aromatic heterocycles. The predicted molar refractivity (Wildman–Crippen MR) is 129 cm³/mol. The monoisotopic (exact) mass is 469 g/mol. The molecule has 5 rings (SSSR count). The van der Waals surface area contributed by atoms with E-state index < -0.39 is 0 Å². The van der Waals surface area contributed by atoms with Gasteiger partial charge in [-0.15, -0.1) is 0 Å². The number of benzene rings is 1. The first-order valence-electron chi connectivity index (χ1n) is 12.9. The lowest BCUT2D eigenvalue weighted by Gasteiger charge is -2.61. The third-order valence-corrected chi connectivity index (χ3v) is 10.4. The fourth-order valence-corrected chi connectivity index (χ4v) is 8.58. The average molecular weight is 470 g/mol. The fraction of sp³-hybridized carbons (Fsp3) is 0.714. The Bertz CT molecular complexity index is 978. The number of nitrogens with zero attached hydrogens (tertiary/aromatic N) is 1. The zero-order valence-corrected chi connectivity index (χ0v) is 21.3. The quantitative estimate of drug-likeness (QED) is 0.454. The minimum Gasteiger partial charge on any atom is -0.497 e. The third kappa shape index (κ3) is 3.43. The zero-order chi connectivity index (χ0) is 24.3. The number of hydrogen-bond acceptors (Lipinski definition) is 5. The first-order valence-corrected chi connectivity index (χ1v) is 12.9. The summed E-state index contributed by atoms with van der Waals surface area (Å²) in [7, 11) is 5.19. The molecular formula is C28H39NO5. The fourth-order valence-electron chi connectivity index (χ4n) is 8.58. The Labute approximate surface area is 203 Å². The summed E-state index contributed by atoms with van der Waals surface area (Å²) in [5.74, 6) is 3.47. The van der Waals surface area contributed by atoms with Crippen molar-refractivity contribution < 1.29 is 23.8 Å². The number of ether oxygens (including phenoxy) is 3. The largest absolute Gasteiger partial charge is 0.497 e. The van der Waals surface area contributed by atoms with Crippen molar-refractivity contribution in [1.82, 2.24) is 4.90 Å². The topological polar surface area (TPSA) is 65.1 Å². The van der Waals surface area contributed by atoms with E-state index >= 15 is 0 Å². The summed E-state index contributed by atoms with van der Waals surface area (Å²) in [6.45, 7) is 4.77. The van der Waals surface area contributed by atoms with E-state index in [1.807, 2.05) is 11.9 Å². The van der Waals surface area contributed by atoms with E-state index in [0.717, 1.165) is 44.9 Å². The van der Waals surface area contributed by atoms with Crippen LogP contribution in [0.2, 0.25) is 0 Å². The van der Waals surface area contributed by atoms with Gasteiger partial charge in [0, 0.05) is 25.6 Å². The lowest BCUT2D eigenvalue weighted by atomic mass is 9.47. The molecule has 34 heavy (non-hydrogen) atoms. The van der Waals surface area contributed by atoms with Crippen LogP contribution >= 0.6 is 0 Å². The van der Waals surface area contributed by atoms with Crippen LogP contribution in [0.1, 0.15) is 65.2 Å². The molecule has 0 spiro atoms. The van der Waals surface area contributed by atoms with Crippen LogP contribution in [-0.2, 0) is 9.59 Å². The van der Waals surface area contributed by atoms with Crippen LogP contribution in [0, 0.1) is 34.5 Å². The highest BCUT2D eigenvalue weighted by molar-refractivity contribution is 5.78. The first kappa shape index (κ1) is 23.5. The Hall–Kier alpha value is -2.24. The van der Waals surface area contributed by atoms with Gasteiger partial charge in [-0.1, -0.05) is 13.8 Å². The minimum atomic E-state index is -0.141. The summed E-state index contributed by atoms with van der Waals surface area (Å²) < 4.78 is 16.7. The molecule has 1 amide bonds. The van der Waals surface area contributed by atoms with Crippen LogP contribution in [0.25, 0.3) is 0 Å². The van der Waals surface area contributed by atoms with Crippen LogP contribution in [0.5, 0.6) is 17.2 Å². The van der Waals surface area contributed by atoms with E-state index in [1.54, 1.807) is 32.4 Å². The van der Waals surface area contributed by atoms with E-state index in [-0.39, 0.29) is 22.7 Å². The van der Waals surface area contributed by atoms with Gasteiger partial charge in [0.25, 0.3) is 0 Å². The Morgan fingerprint density at radius 2 is 1.71 bits per heavy atom. The van der Waals surface area contributed by atoms with E-state index in [1.165, 1.54) is 0 Å². The van der Waals surface area contributed by atoms with Crippen LogP contribution in [0.4, 0.5) is 0 Å². The highest BCUT2D eigenvalue weighted by Crippen LogP contribution is 2.66. The van der Waals surface area contributed by atoms with Crippen molar-refractivity contribution in [1.29, 1.82) is 0 Å². The SMILES string of the molecule is COc1ccc(OC)c(OC(=O)[C@H]2CC[C@H]3[C@@H]4CC[C@H]5N(C)C(=O)CC[C@]5(C)[C@H]4CC[C@]23C)c1. The third-order valence-electron chi connectivity index (χ3n) is 10.4. The smallest absolute Gasteiger partial charge is 0.315 e. The van der Waals surface area contributed by atoms with Gasteiger partial charge < -0.3 is 19.1 Å². The Morgan fingerprint density at radius 3 is 2.44 bits per heavy atom. The van der Waals surface area contributed by atoms with Gasteiger partial charge in [0.05, 0.1) is 20.1 Å². The molecule has 6 heteroatoms.